The molecule has 4 N–H and O–H groups in total. The van der Waals surface area contributed by atoms with Gasteiger partial charge in [0.2, 0.25) is 0 Å². The minimum Gasteiger partial charge on any atom is -0.332 e. The van der Waals surface area contributed by atoms with Crippen molar-refractivity contribution >= 4 is 51.9 Å². The van der Waals surface area contributed by atoms with Crippen LogP contribution in [0.15, 0.2) is 103 Å². The van der Waals surface area contributed by atoms with E-state index in [1.165, 1.54) is 0 Å². The molecule has 6 nitrogen and oxygen atoms in total. The van der Waals surface area contributed by atoms with Gasteiger partial charge in [-0.1, -0.05) is 48.5 Å². The van der Waals surface area contributed by atoms with Crippen LogP contribution in [0, 0.1) is 0 Å². The Balaban J connectivity index is 1.39. The van der Waals surface area contributed by atoms with Gasteiger partial charge in [0.25, 0.3) is 11.8 Å². The van der Waals surface area contributed by atoms with Gasteiger partial charge in [0.1, 0.15) is 0 Å². The second kappa shape index (κ2) is 11.7. The zero-order valence-electron chi connectivity index (χ0n) is 19.1. The summed E-state index contributed by atoms with van der Waals surface area (Å²) in [5.41, 5.74) is 4.85. The average molecular weight is 499 g/mol. The van der Waals surface area contributed by atoms with E-state index in [1.807, 2.05) is 66.7 Å². The molecule has 0 radical (unpaired) electrons. The smallest absolute Gasteiger partial charge is 0.255 e. The van der Waals surface area contributed by atoms with Gasteiger partial charge in [-0.25, -0.2) is 4.39 Å². The van der Waals surface area contributed by atoms with Crippen LogP contribution in [-0.2, 0) is 4.79 Å². The van der Waals surface area contributed by atoms with Gasteiger partial charge in [0.05, 0.1) is 0 Å². The van der Waals surface area contributed by atoms with E-state index in [4.69, 9.17) is 12.2 Å². The summed E-state index contributed by atoms with van der Waals surface area (Å²) in [7, 11) is 0. The zero-order chi connectivity index (χ0) is 25.3. The fourth-order valence-corrected chi connectivity index (χ4v) is 3.75. The summed E-state index contributed by atoms with van der Waals surface area (Å²) in [6.07, 6.45) is 0. The number of para-hydroxylation sites is 1. The van der Waals surface area contributed by atoms with Crippen LogP contribution in [0.4, 0.5) is 27.1 Å². The van der Waals surface area contributed by atoms with Crippen molar-refractivity contribution in [1.29, 1.82) is 0 Å². The quantitative estimate of drug-likeness (QED) is 0.224. The summed E-state index contributed by atoms with van der Waals surface area (Å²) in [5.74, 6) is -0.882. The number of carbonyl (C=O) groups is 2. The van der Waals surface area contributed by atoms with Crippen LogP contribution in [0.1, 0.15) is 10.4 Å². The number of amides is 2. The number of anilines is 4. The van der Waals surface area contributed by atoms with Crippen molar-refractivity contribution in [2.45, 2.75) is 0 Å². The molecule has 0 aliphatic carbocycles. The van der Waals surface area contributed by atoms with Gasteiger partial charge in [-0.2, -0.15) is 0 Å². The molecule has 0 atom stereocenters. The molecule has 0 fully saturated rings. The number of nitrogens with one attached hydrogen (secondary N) is 4. The molecule has 0 aliphatic heterocycles. The SMILES string of the molecule is O=C(CF)Nc1ccccc1-c1cccc(NC(=S)Nc2ccc(NC(=O)c3ccccc3)cc2)c1. The van der Waals surface area contributed by atoms with Crippen molar-refractivity contribution in [1.82, 2.24) is 0 Å². The highest BCUT2D eigenvalue weighted by atomic mass is 32.1. The van der Waals surface area contributed by atoms with Crippen molar-refractivity contribution < 1.29 is 14.0 Å². The molecule has 0 aliphatic rings. The van der Waals surface area contributed by atoms with E-state index in [0.717, 1.165) is 22.5 Å². The van der Waals surface area contributed by atoms with E-state index in [1.54, 1.807) is 36.4 Å². The Morgan fingerprint density at radius 2 is 1.31 bits per heavy atom. The Labute approximate surface area is 213 Å². The van der Waals surface area contributed by atoms with E-state index >= 15 is 0 Å². The van der Waals surface area contributed by atoms with E-state index in [-0.39, 0.29) is 5.91 Å². The molecule has 2 amide bonds. The Morgan fingerprint density at radius 1 is 0.667 bits per heavy atom. The highest BCUT2D eigenvalue weighted by molar-refractivity contribution is 7.80. The first-order valence-electron chi connectivity index (χ1n) is 11.1. The van der Waals surface area contributed by atoms with Crippen molar-refractivity contribution in [3.63, 3.8) is 0 Å². The lowest BCUT2D eigenvalue weighted by Crippen LogP contribution is -2.19. The van der Waals surface area contributed by atoms with E-state index in [0.29, 0.717) is 22.1 Å². The summed E-state index contributed by atoms with van der Waals surface area (Å²) in [5, 5.41) is 12.1. The maximum atomic E-state index is 12.7. The molecule has 4 aromatic carbocycles. The second-order valence-electron chi connectivity index (χ2n) is 7.78. The molecule has 4 rings (SSSR count). The lowest BCUT2D eigenvalue weighted by atomic mass is 10.0. The Bertz CT molecular complexity index is 1380. The molecule has 8 heteroatoms. The Kier molecular flexibility index (Phi) is 8.00. The van der Waals surface area contributed by atoms with Gasteiger partial charge < -0.3 is 21.3 Å². The summed E-state index contributed by atoms with van der Waals surface area (Å²) >= 11 is 5.45. The molecule has 0 aromatic heterocycles. The summed E-state index contributed by atoms with van der Waals surface area (Å²) in [6.45, 7) is -1.09. The molecule has 4 aromatic rings. The topological polar surface area (TPSA) is 82.3 Å². The van der Waals surface area contributed by atoms with Gasteiger partial charge in [-0.05, 0) is 72.4 Å². The number of rotatable bonds is 7. The molecule has 0 bridgehead atoms. The summed E-state index contributed by atoms with van der Waals surface area (Å²) < 4.78 is 12.7. The molecule has 0 unspecified atom stereocenters. The molecule has 36 heavy (non-hydrogen) atoms. The predicted molar refractivity (Wildman–Crippen MR) is 147 cm³/mol. The third-order valence-corrected chi connectivity index (χ3v) is 5.39. The molecule has 0 heterocycles. The highest BCUT2D eigenvalue weighted by Crippen LogP contribution is 2.29. The van der Waals surface area contributed by atoms with E-state index < -0.39 is 12.6 Å². The normalized spacial score (nSPS) is 10.2. The van der Waals surface area contributed by atoms with Crippen LogP contribution in [0.3, 0.4) is 0 Å². The van der Waals surface area contributed by atoms with Gasteiger partial charge in [0, 0.05) is 33.9 Å². The maximum absolute atomic E-state index is 12.7. The number of benzene rings is 4. The number of hydrogen-bond acceptors (Lipinski definition) is 3. The number of carbonyl (C=O) groups excluding carboxylic acids is 2. The summed E-state index contributed by atoms with van der Waals surface area (Å²) in [6, 6.07) is 30.9. The summed E-state index contributed by atoms with van der Waals surface area (Å²) in [4.78, 5) is 23.8. The first kappa shape index (κ1) is 24.6. The highest BCUT2D eigenvalue weighted by Gasteiger charge is 2.09. The fraction of sp³-hybridized carbons (Fsp3) is 0.0357. The van der Waals surface area contributed by atoms with Gasteiger partial charge in [-0.15, -0.1) is 0 Å². The number of hydrogen-bond donors (Lipinski definition) is 4. The first-order valence-corrected chi connectivity index (χ1v) is 11.5. The molecule has 0 saturated heterocycles. The van der Waals surface area contributed by atoms with Crippen molar-refractivity contribution in [3.05, 3.63) is 109 Å². The molecule has 0 spiro atoms. The van der Waals surface area contributed by atoms with Crippen LogP contribution < -0.4 is 21.3 Å². The molecule has 0 saturated carbocycles. The van der Waals surface area contributed by atoms with Gasteiger partial charge in [-0.3, -0.25) is 9.59 Å². The minimum absolute atomic E-state index is 0.181. The van der Waals surface area contributed by atoms with Crippen molar-refractivity contribution in [2.75, 3.05) is 27.9 Å². The molecular formula is C28H23FN4O2S. The number of halogens is 1. The Morgan fingerprint density at radius 3 is 2.03 bits per heavy atom. The van der Waals surface area contributed by atoms with E-state index in [9.17, 15) is 14.0 Å². The van der Waals surface area contributed by atoms with Gasteiger partial charge in [0.15, 0.2) is 11.8 Å². The molecular weight excluding hydrogens is 475 g/mol. The van der Waals surface area contributed by atoms with Crippen molar-refractivity contribution in [3.8, 4) is 11.1 Å². The van der Waals surface area contributed by atoms with Crippen LogP contribution in [-0.4, -0.2) is 23.6 Å². The zero-order valence-corrected chi connectivity index (χ0v) is 19.9. The van der Waals surface area contributed by atoms with Crippen LogP contribution in [0.5, 0.6) is 0 Å². The first-order chi connectivity index (χ1) is 17.5. The largest absolute Gasteiger partial charge is 0.332 e. The second-order valence-corrected chi connectivity index (χ2v) is 8.19. The van der Waals surface area contributed by atoms with Crippen LogP contribution in [0.2, 0.25) is 0 Å². The van der Waals surface area contributed by atoms with Gasteiger partial charge >= 0.3 is 0 Å². The average Bonchev–Trinajstić information content (AvgIpc) is 2.90. The fourth-order valence-electron chi connectivity index (χ4n) is 3.52. The lowest BCUT2D eigenvalue weighted by Gasteiger charge is -2.14. The molecule has 180 valence electrons. The maximum Gasteiger partial charge on any atom is 0.255 e. The third kappa shape index (κ3) is 6.52. The minimum atomic E-state index is -1.09. The number of alkyl halides is 1. The third-order valence-electron chi connectivity index (χ3n) is 5.19. The van der Waals surface area contributed by atoms with Crippen LogP contribution >= 0.6 is 12.2 Å². The van der Waals surface area contributed by atoms with E-state index in [2.05, 4.69) is 21.3 Å². The standard InChI is InChI=1S/C28H23FN4O2S/c29-18-26(34)33-25-12-5-4-11-24(25)20-9-6-10-23(17-20)32-28(36)31-22-15-13-21(14-16-22)30-27(35)19-7-2-1-3-8-19/h1-17H,18H2,(H,30,35)(H,33,34)(H2,31,32,36). The predicted octanol–water partition coefficient (Wildman–Crippen LogP) is 6.32. The Hall–Kier alpha value is -4.56. The monoisotopic (exact) mass is 498 g/mol. The van der Waals surface area contributed by atoms with Crippen LogP contribution in [0.25, 0.3) is 11.1 Å². The number of thiocarbonyl (C=S) groups is 1. The van der Waals surface area contributed by atoms with Crippen molar-refractivity contribution in [2.24, 2.45) is 0 Å². The lowest BCUT2D eigenvalue weighted by molar-refractivity contribution is -0.117.